The van der Waals surface area contributed by atoms with E-state index >= 15 is 0 Å². The molecule has 0 aromatic carbocycles. The number of carbonyl (C=O) groups is 1. The van der Waals surface area contributed by atoms with E-state index < -0.39 is 0 Å². The molecule has 0 unspecified atom stereocenters. The normalized spacial score (nSPS) is 13.7. The van der Waals surface area contributed by atoms with E-state index in [2.05, 4.69) is 20.8 Å². The average molecular weight is 359 g/mol. The van der Waals surface area contributed by atoms with Crippen LogP contribution in [-0.4, -0.2) is 37.9 Å². The summed E-state index contributed by atoms with van der Waals surface area (Å²) >= 11 is 1.42. The van der Waals surface area contributed by atoms with Gasteiger partial charge in [0.25, 0.3) is 0 Å². The molecule has 0 bridgehead atoms. The Balaban J connectivity index is 1.61. The Labute approximate surface area is 151 Å². The zero-order valence-electron chi connectivity index (χ0n) is 14.1. The van der Waals surface area contributed by atoms with Crippen molar-refractivity contribution < 1.29 is 9.21 Å². The molecular formula is C17H21N5O2S. The second-order valence-electron chi connectivity index (χ2n) is 5.95. The Kier molecular flexibility index (Phi) is 6.12. The number of aryl methyl sites for hydroxylation is 1. The zero-order valence-corrected chi connectivity index (χ0v) is 14.9. The van der Waals surface area contributed by atoms with Crippen molar-refractivity contribution in [3.05, 3.63) is 30.0 Å². The standard InChI is InChI=1S/C17H21N5O2S/c18-8-5-9-21(12-14-6-4-11-24-14)16(23)13-25-17-20-19-15-7-2-1-3-10-22(15)17/h4,6,11H,1-3,5,7,9-10,12-13H2. The van der Waals surface area contributed by atoms with E-state index in [-0.39, 0.29) is 11.7 Å². The first-order valence-corrected chi connectivity index (χ1v) is 9.48. The van der Waals surface area contributed by atoms with Crippen molar-refractivity contribution in [1.82, 2.24) is 19.7 Å². The molecule has 0 saturated carbocycles. The highest BCUT2D eigenvalue weighted by Crippen LogP contribution is 2.22. The van der Waals surface area contributed by atoms with E-state index in [4.69, 9.17) is 9.68 Å². The van der Waals surface area contributed by atoms with Crippen LogP contribution in [0.15, 0.2) is 28.0 Å². The SMILES string of the molecule is N#CCCN(Cc1ccco1)C(=O)CSc1nnc2n1CCCCC2. The Bertz CT molecular complexity index is 735. The molecule has 0 spiro atoms. The van der Waals surface area contributed by atoms with Gasteiger partial charge in [0.1, 0.15) is 11.6 Å². The maximum atomic E-state index is 12.6. The summed E-state index contributed by atoms with van der Waals surface area (Å²) < 4.78 is 7.46. The molecule has 3 rings (SSSR count). The number of rotatable bonds is 7. The van der Waals surface area contributed by atoms with Crippen LogP contribution in [0.4, 0.5) is 0 Å². The summed E-state index contributed by atoms with van der Waals surface area (Å²) in [6, 6.07) is 5.72. The molecule has 1 aliphatic heterocycles. The lowest BCUT2D eigenvalue weighted by Crippen LogP contribution is -2.32. The Morgan fingerprint density at radius 1 is 1.40 bits per heavy atom. The minimum absolute atomic E-state index is 0.0254. The van der Waals surface area contributed by atoms with Crippen LogP contribution in [-0.2, 0) is 24.3 Å². The number of carbonyl (C=O) groups excluding carboxylic acids is 1. The number of thioether (sulfide) groups is 1. The fraction of sp³-hybridized carbons (Fsp3) is 0.529. The number of nitriles is 1. The Morgan fingerprint density at radius 2 is 2.32 bits per heavy atom. The average Bonchev–Trinajstić information content (AvgIpc) is 3.21. The van der Waals surface area contributed by atoms with Crippen molar-refractivity contribution >= 4 is 17.7 Å². The quantitative estimate of drug-likeness (QED) is 0.706. The van der Waals surface area contributed by atoms with E-state index in [1.54, 1.807) is 17.2 Å². The fourth-order valence-corrected chi connectivity index (χ4v) is 3.74. The summed E-state index contributed by atoms with van der Waals surface area (Å²) in [7, 11) is 0. The second-order valence-corrected chi connectivity index (χ2v) is 6.90. The predicted molar refractivity (Wildman–Crippen MR) is 92.7 cm³/mol. The van der Waals surface area contributed by atoms with Gasteiger partial charge in [0, 0.05) is 19.5 Å². The monoisotopic (exact) mass is 359 g/mol. The first-order valence-electron chi connectivity index (χ1n) is 8.50. The zero-order chi connectivity index (χ0) is 17.5. The third kappa shape index (κ3) is 4.63. The molecule has 0 N–H and O–H groups in total. The molecule has 132 valence electrons. The molecule has 25 heavy (non-hydrogen) atoms. The summed E-state index contributed by atoms with van der Waals surface area (Å²) in [6.07, 6.45) is 6.32. The second kappa shape index (κ2) is 8.72. The largest absolute Gasteiger partial charge is 0.467 e. The number of furan rings is 1. The maximum absolute atomic E-state index is 12.6. The van der Waals surface area contributed by atoms with Gasteiger partial charge < -0.3 is 13.9 Å². The lowest BCUT2D eigenvalue weighted by atomic mass is 10.2. The van der Waals surface area contributed by atoms with Gasteiger partial charge in [0.05, 0.1) is 31.1 Å². The number of amides is 1. The minimum atomic E-state index is -0.0254. The molecular weight excluding hydrogens is 338 g/mol. The van der Waals surface area contributed by atoms with Gasteiger partial charge in [-0.1, -0.05) is 18.2 Å². The van der Waals surface area contributed by atoms with Crippen LogP contribution in [0.25, 0.3) is 0 Å². The van der Waals surface area contributed by atoms with Gasteiger partial charge >= 0.3 is 0 Å². The van der Waals surface area contributed by atoms with E-state index in [1.807, 2.05) is 6.07 Å². The van der Waals surface area contributed by atoms with Gasteiger partial charge in [0.15, 0.2) is 5.16 Å². The van der Waals surface area contributed by atoms with Gasteiger partial charge in [0.2, 0.25) is 5.91 Å². The molecule has 7 nitrogen and oxygen atoms in total. The van der Waals surface area contributed by atoms with Crippen LogP contribution in [0.5, 0.6) is 0 Å². The van der Waals surface area contributed by atoms with Gasteiger partial charge in [-0.25, -0.2) is 0 Å². The van der Waals surface area contributed by atoms with E-state index in [0.717, 1.165) is 36.8 Å². The van der Waals surface area contributed by atoms with Crippen LogP contribution in [0, 0.1) is 11.3 Å². The number of aromatic nitrogens is 3. The van der Waals surface area contributed by atoms with Gasteiger partial charge in [-0.15, -0.1) is 10.2 Å². The van der Waals surface area contributed by atoms with Crippen LogP contribution < -0.4 is 0 Å². The maximum Gasteiger partial charge on any atom is 0.233 e. The molecule has 0 radical (unpaired) electrons. The van der Waals surface area contributed by atoms with Crippen molar-refractivity contribution in [1.29, 1.82) is 5.26 Å². The van der Waals surface area contributed by atoms with Crippen molar-refractivity contribution in [3.8, 4) is 6.07 Å². The molecule has 3 heterocycles. The van der Waals surface area contributed by atoms with Crippen LogP contribution in [0.1, 0.15) is 37.3 Å². The van der Waals surface area contributed by atoms with E-state index in [9.17, 15) is 4.79 Å². The van der Waals surface area contributed by atoms with Crippen LogP contribution >= 0.6 is 11.8 Å². The number of nitrogens with zero attached hydrogens (tertiary/aromatic N) is 5. The molecule has 0 aliphatic carbocycles. The summed E-state index contributed by atoms with van der Waals surface area (Å²) in [5, 5.41) is 18.1. The van der Waals surface area contributed by atoms with Gasteiger partial charge in [-0.05, 0) is 25.0 Å². The third-order valence-corrected chi connectivity index (χ3v) is 5.12. The molecule has 1 amide bonds. The smallest absolute Gasteiger partial charge is 0.233 e. The van der Waals surface area contributed by atoms with Gasteiger partial charge in [-0.2, -0.15) is 5.26 Å². The van der Waals surface area contributed by atoms with E-state index in [1.165, 1.54) is 18.2 Å². The molecule has 0 saturated heterocycles. The van der Waals surface area contributed by atoms with Crippen LogP contribution in [0.3, 0.4) is 0 Å². The Morgan fingerprint density at radius 3 is 3.12 bits per heavy atom. The van der Waals surface area contributed by atoms with Crippen molar-refractivity contribution in [2.24, 2.45) is 0 Å². The van der Waals surface area contributed by atoms with Crippen LogP contribution in [0.2, 0.25) is 0 Å². The topological polar surface area (TPSA) is 87.9 Å². The highest BCUT2D eigenvalue weighted by Gasteiger charge is 2.19. The molecule has 1 aliphatic rings. The van der Waals surface area contributed by atoms with Crippen molar-refractivity contribution in [3.63, 3.8) is 0 Å². The van der Waals surface area contributed by atoms with Gasteiger partial charge in [-0.3, -0.25) is 4.79 Å². The van der Waals surface area contributed by atoms with Crippen molar-refractivity contribution in [2.45, 2.75) is 50.4 Å². The summed E-state index contributed by atoms with van der Waals surface area (Å²) in [5.74, 6) is 1.99. The first-order chi connectivity index (χ1) is 12.3. The lowest BCUT2D eigenvalue weighted by molar-refractivity contribution is -0.129. The third-order valence-electron chi connectivity index (χ3n) is 4.17. The Hall–Kier alpha value is -2.27. The minimum Gasteiger partial charge on any atom is -0.467 e. The van der Waals surface area contributed by atoms with Crippen molar-refractivity contribution in [2.75, 3.05) is 12.3 Å². The number of fused-ring (bicyclic) bond motifs is 1. The molecule has 8 heteroatoms. The highest BCUT2D eigenvalue weighted by molar-refractivity contribution is 7.99. The molecule has 2 aromatic rings. The fourth-order valence-electron chi connectivity index (χ4n) is 2.85. The summed E-state index contributed by atoms with van der Waals surface area (Å²) in [6.45, 7) is 1.70. The summed E-state index contributed by atoms with van der Waals surface area (Å²) in [4.78, 5) is 14.3. The predicted octanol–water partition coefficient (Wildman–Crippen LogP) is 2.63. The molecule has 0 fully saturated rings. The summed E-state index contributed by atoms with van der Waals surface area (Å²) in [5.41, 5.74) is 0. The highest BCUT2D eigenvalue weighted by atomic mass is 32.2. The molecule has 0 atom stereocenters. The first kappa shape index (κ1) is 17.5. The van der Waals surface area contributed by atoms with E-state index in [0.29, 0.717) is 25.3 Å². The number of hydrogen-bond donors (Lipinski definition) is 0. The molecule has 2 aromatic heterocycles. The lowest BCUT2D eigenvalue weighted by Gasteiger charge is -2.20. The number of hydrogen-bond acceptors (Lipinski definition) is 6.